The van der Waals surface area contributed by atoms with Crippen molar-refractivity contribution < 1.29 is 31.2 Å². The number of alkyl halides is 3. The van der Waals surface area contributed by atoms with Gasteiger partial charge in [0.2, 0.25) is 15.9 Å². The molecule has 7 nitrogen and oxygen atoms in total. The van der Waals surface area contributed by atoms with Crippen LogP contribution in [0.25, 0.3) is 0 Å². The molecule has 2 aliphatic rings. The molecule has 0 saturated carbocycles. The van der Waals surface area contributed by atoms with Crippen LogP contribution in [0.2, 0.25) is 5.02 Å². The number of halogens is 4. The van der Waals surface area contributed by atoms with E-state index in [1.165, 1.54) is 0 Å². The van der Waals surface area contributed by atoms with Crippen molar-refractivity contribution in [1.82, 2.24) is 14.5 Å². The van der Waals surface area contributed by atoms with Crippen molar-refractivity contribution in [1.29, 1.82) is 0 Å². The highest BCUT2D eigenvalue weighted by Crippen LogP contribution is 2.37. The molecular formula is C13H11ClF3N3O4S. The Morgan fingerprint density at radius 1 is 1.20 bits per heavy atom. The van der Waals surface area contributed by atoms with Gasteiger partial charge in [-0.15, -0.1) is 0 Å². The van der Waals surface area contributed by atoms with Crippen LogP contribution in [0.3, 0.4) is 0 Å². The minimum atomic E-state index is -4.79. The predicted molar refractivity (Wildman–Crippen MR) is 79.2 cm³/mol. The number of urea groups is 1. The van der Waals surface area contributed by atoms with Gasteiger partial charge in [-0.1, -0.05) is 11.6 Å². The monoisotopic (exact) mass is 397 g/mol. The van der Waals surface area contributed by atoms with Gasteiger partial charge < -0.3 is 5.32 Å². The number of sulfonamides is 1. The Kier molecular flexibility index (Phi) is 4.20. The number of amides is 3. The molecule has 3 amide bonds. The average Bonchev–Trinajstić information content (AvgIpc) is 2.76. The Bertz CT molecular complexity index is 837. The number of nitrogens with one attached hydrogen (secondary N) is 1. The van der Waals surface area contributed by atoms with Crippen LogP contribution < -0.4 is 5.32 Å². The van der Waals surface area contributed by atoms with Crippen LogP contribution in [0.15, 0.2) is 23.1 Å². The number of carbonyl (C=O) groups is 2. The van der Waals surface area contributed by atoms with Crippen LogP contribution in [0, 0.1) is 0 Å². The molecule has 25 heavy (non-hydrogen) atoms. The van der Waals surface area contributed by atoms with E-state index in [1.54, 1.807) is 0 Å². The summed E-state index contributed by atoms with van der Waals surface area (Å²) in [5, 5.41) is 1.71. The molecule has 1 aromatic carbocycles. The van der Waals surface area contributed by atoms with E-state index < -0.39 is 49.7 Å². The minimum Gasteiger partial charge on any atom is -0.329 e. The van der Waals surface area contributed by atoms with Gasteiger partial charge in [-0.05, 0) is 18.2 Å². The second kappa shape index (κ2) is 5.85. The lowest BCUT2D eigenvalue weighted by molar-refractivity contribution is -0.137. The van der Waals surface area contributed by atoms with Gasteiger partial charge in [0.1, 0.15) is 0 Å². The van der Waals surface area contributed by atoms with E-state index in [0.717, 1.165) is 21.3 Å². The van der Waals surface area contributed by atoms with Crippen LogP contribution in [0.4, 0.5) is 18.0 Å². The fourth-order valence-corrected chi connectivity index (χ4v) is 4.38. The summed E-state index contributed by atoms with van der Waals surface area (Å²) in [6.45, 7) is -0.509. The second-order valence-electron chi connectivity index (χ2n) is 5.54. The molecule has 1 aromatic rings. The minimum absolute atomic E-state index is 0.159. The number of hydrogen-bond donors (Lipinski definition) is 1. The van der Waals surface area contributed by atoms with E-state index in [9.17, 15) is 31.2 Å². The van der Waals surface area contributed by atoms with Gasteiger partial charge in [0.15, 0.2) is 0 Å². The molecule has 0 unspecified atom stereocenters. The molecule has 136 valence electrons. The van der Waals surface area contributed by atoms with Crippen molar-refractivity contribution >= 4 is 33.6 Å². The molecular weight excluding hydrogens is 387 g/mol. The molecule has 2 aliphatic heterocycles. The first-order valence-electron chi connectivity index (χ1n) is 6.98. The van der Waals surface area contributed by atoms with Gasteiger partial charge in [0.05, 0.1) is 28.1 Å². The van der Waals surface area contributed by atoms with E-state index in [1.807, 2.05) is 0 Å². The zero-order chi connectivity index (χ0) is 18.6. The summed E-state index contributed by atoms with van der Waals surface area (Å²) in [5.41, 5.74) is -1.25. The van der Waals surface area contributed by atoms with E-state index >= 15 is 0 Å². The van der Waals surface area contributed by atoms with Gasteiger partial charge in [-0.2, -0.15) is 17.5 Å². The molecule has 2 saturated heterocycles. The number of imide groups is 1. The summed E-state index contributed by atoms with van der Waals surface area (Å²) in [6.07, 6.45) is -4.79. The third-order valence-corrected chi connectivity index (χ3v) is 6.11. The summed E-state index contributed by atoms with van der Waals surface area (Å²) < 4.78 is 64.4. The van der Waals surface area contributed by atoms with E-state index in [4.69, 9.17) is 11.6 Å². The fraction of sp³-hybridized carbons (Fsp3) is 0.385. The topological polar surface area (TPSA) is 86.8 Å². The number of nitrogens with zero attached hydrogens (tertiary/aromatic N) is 2. The molecule has 0 aliphatic carbocycles. The SMILES string of the molecule is O=C1CNC(=O)N1C1CN(S(=O)(=O)c2ccc(Cl)c(C(F)(F)F)c2)C1. The van der Waals surface area contributed by atoms with Crippen LogP contribution in [0.1, 0.15) is 5.56 Å². The van der Waals surface area contributed by atoms with Crippen molar-refractivity contribution in [3.8, 4) is 0 Å². The van der Waals surface area contributed by atoms with Gasteiger partial charge in [-0.3, -0.25) is 9.69 Å². The maximum Gasteiger partial charge on any atom is 0.417 e. The van der Waals surface area contributed by atoms with Gasteiger partial charge in [0.25, 0.3) is 0 Å². The van der Waals surface area contributed by atoms with Crippen molar-refractivity contribution in [2.75, 3.05) is 19.6 Å². The molecule has 0 radical (unpaired) electrons. The van der Waals surface area contributed by atoms with E-state index in [0.29, 0.717) is 6.07 Å². The Morgan fingerprint density at radius 2 is 1.84 bits per heavy atom. The van der Waals surface area contributed by atoms with Crippen LogP contribution in [-0.2, 0) is 21.0 Å². The van der Waals surface area contributed by atoms with Gasteiger partial charge in [-0.25, -0.2) is 13.2 Å². The molecule has 3 rings (SSSR count). The van der Waals surface area contributed by atoms with Gasteiger partial charge in [0, 0.05) is 13.1 Å². The summed E-state index contributed by atoms with van der Waals surface area (Å²) in [6, 6.07) is 1.07. The molecule has 12 heteroatoms. The molecule has 2 heterocycles. The highest BCUT2D eigenvalue weighted by atomic mass is 35.5. The highest BCUT2D eigenvalue weighted by Gasteiger charge is 2.46. The summed E-state index contributed by atoms with van der Waals surface area (Å²) in [7, 11) is -4.19. The van der Waals surface area contributed by atoms with Crippen molar-refractivity contribution in [2.24, 2.45) is 0 Å². The van der Waals surface area contributed by atoms with Crippen molar-refractivity contribution in [3.63, 3.8) is 0 Å². The summed E-state index contributed by atoms with van der Waals surface area (Å²) >= 11 is 5.48. The van der Waals surface area contributed by atoms with Crippen molar-refractivity contribution in [2.45, 2.75) is 17.1 Å². The number of hydrogen-bond acceptors (Lipinski definition) is 4. The highest BCUT2D eigenvalue weighted by molar-refractivity contribution is 7.89. The number of benzene rings is 1. The second-order valence-corrected chi connectivity index (χ2v) is 7.88. The van der Waals surface area contributed by atoms with Crippen molar-refractivity contribution in [3.05, 3.63) is 28.8 Å². The van der Waals surface area contributed by atoms with Crippen LogP contribution in [0.5, 0.6) is 0 Å². The third kappa shape index (κ3) is 3.07. The van der Waals surface area contributed by atoms with E-state index in [-0.39, 0.29) is 19.6 Å². The maximum atomic E-state index is 12.9. The molecule has 0 atom stereocenters. The first-order chi connectivity index (χ1) is 11.5. The van der Waals surface area contributed by atoms with Crippen LogP contribution in [-0.4, -0.2) is 55.2 Å². The molecule has 0 bridgehead atoms. The maximum absolute atomic E-state index is 12.9. The Labute approximate surface area is 145 Å². The standard InChI is InChI=1S/C13H11ClF3N3O4S/c14-10-2-1-8(3-9(10)13(15,16)17)25(23,24)19-5-7(6-19)20-11(21)4-18-12(20)22/h1-3,7H,4-6H2,(H,18,22). The Hall–Kier alpha value is -1.85. The quantitative estimate of drug-likeness (QED) is 0.778. The largest absolute Gasteiger partial charge is 0.417 e. The first-order valence-corrected chi connectivity index (χ1v) is 8.80. The number of carbonyl (C=O) groups excluding carboxylic acids is 2. The Morgan fingerprint density at radius 3 is 2.36 bits per heavy atom. The lowest BCUT2D eigenvalue weighted by Crippen LogP contribution is -2.62. The molecule has 2 fully saturated rings. The lowest BCUT2D eigenvalue weighted by Gasteiger charge is -2.41. The fourth-order valence-electron chi connectivity index (χ4n) is 2.61. The Balaban J connectivity index is 1.80. The van der Waals surface area contributed by atoms with E-state index in [2.05, 4.69) is 5.32 Å². The predicted octanol–water partition coefficient (Wildman–Crippen LogP) is 1.28. The molecule has 0 aromatic heterocycles. The normalized spacial score (nSPS) is 19.9. The average molecular weight is 398 g/mol. The number of rotatable bonds is 3. The third-order valence-electron chi connectivity index (χ3n) is 3.95. The molecule has 0 spiro atoms. The zero-order valence-electron chi connectivity index (χ0n) is 12.4. The van der Waals surface area contributed by atoms with Crippen LogP contribution >= 0.6 is 11.6 Å². The van der Waals surface area contributed by atoms with Gasteiger partial charge >= 0.3 is 12.2 Å². The summed E-state index contributed by atoms with van der Waals surface area (Å²) in [5.74, 6) is -0.474. The zero-order valence-corrected chi connectivity index (χ0v) is 14.0. The lowest BCUT2D eigenvalue weighted by atomic mass is 10.1. The summed E-state index contributed by atoms with van der Waals surface area (Å²) in [4.78, 5) is 23.5. The first kappa shape index (κ1) is 18.0. The smallest absolute Gasteiger partial charge is 0.329 e. The molecule has 1 N–H and O–H groups in total.